The lowest BCUT2D eigenvalue weighted by atomic mass is 9.76. The highest BCUT2D eigenvalue weighted by Crippen LogP contribution is 2.46. The van der Waals surface area contributed by atoms with Gasteiger partial charge in [0, 0.05) is 0 Å². The average Bonchev–Trinajstić information content (AvgIpc) is 2.87. The van der Waals surface area contributed by atoms with Crippen LogP contribution in [0.3, 0.4) is 0 Å². The smallest absolute Gasteiger partial charge is 0.0880 e. The maximum atomic E-state index is 9.88. The Morgan fingerprint density at radius 1 is 1.17 bits per heavy atom. The van der Waals surface area contributed by atoms with Gasteiger partial charge >= 0.3 is 0 Å². The Morgan fingerprint density at radius 2 is 1.92 bits per heavy atom. The molecule has 0 saturated heterocycles. The van der Waals surface area contributed by atoms with Crippen molar-refractivity contribution in [2.75, 3.05) is 6.61 Å². The van der Waals surface area contributed by atoms with Gasteiger partial charge in [-0.1, -0.05) is 6.42 Å². The predicted octanol–water partition coefficient (Wildman–Crippen LogP) is 1.31. The molecule has 2 saturated carbocycles. The van der Waals surface area contributed by atoms with Crippen LogP contribution in [0.15, 0.2) is 0 Å². The van der Waals surface area contributed by atoms with Crippen LogP contribution >= 0.6 is 0 Å². The first-order valence-electron chi connectivity index (χ1n) is 5.07. The van der Waals surface area contributed by atoms with Crippen LogP contribution in [0.1, 0.15) is 38.5 Å². The second-order valence-corrected chi connectivity index (χ2v) is 4.58. The van der Waals surface area contributed by atoms with Crippen LogP contribution in [0.25, 0.3) is 0 Å². The minimum atomic E-state index is -0.731. The molecule has 2 nitrogen and oxygen atoms in total. The lowest BCUT2D eigenvalue weighted by Crippen LogP contribution is -2.39. The highest BCUT2D eigenvalue weighted by atomic mass is 16.3. The fourth-order valence-corrected chi connectivity index (χ4v) is 2.50. The molecule has 2 N–H and O–H groups in total. The Kier molecular flexibility index (Phi) is 2.13. The molecule has 0 aromatic rings. The molecule has 12 heavy (non-hydrogen) atoms. The summed E-state index contributed by atoms with van der Waals surface area (Å²) < 4.78 is 0. The molecular weight excluding hydrogens is 152 g/mol. The molecular formula is C10H18O2. The third-order valence-corrected chi connectivity index (χ3v) is 3.44. The van der Waals surface area contributed by atoms with Crippen molar-refractivity contribution in [3.05, 3.63) is 0 Å². The first kappa shape index (κ1) is 8.52. The molecule has 0 aliphatic heterocycles. The molecule has 2 atom stereocenters. The molecule has 0 spiro atoms. The van der Waals surface area contributed by atoms with Gasteiger partial charge < -0.3 is 10.2 Å². The van der Waals surface area contributed by atoms with Gasteiger partial charge in [-0.3, -0.25) is 0 Å². The molecule has 0 bridgehead atoms. The second-order valence-electron chi connectivity index (χ2n) is 4.58. The van der Waals surface area contributed by atoms with Gasteiger partial charge in [0.15, 0.2) is 0 Å². The Balaban J connectivity index is 1.93. The maximum Gasteiger partial charge on any atom is 0.0880 e. The van der Waals surface area contributed by atoms with Crippen LogP contribution in [0, 0.1) is 11.8 Å². The van der Waals surface area contributed by atoms with Gasteiger partial charge in [0.1, 0.15) is 0 Å². The Morgan fingerprint density at radius 3 is 2.50 bits per heavy atom. The van der Waals surface area contributed by atoms with Crippen LogP contribution in [-0.4, -0.2) is 22.4 Å². The first-order valence-corrected chi connectivity index (χ1v) is 5.07. The van der Waals surface area contributed by atoms with E-state index in [0.29, 0.717) is 5.92 Å². The molecule has 0 aromatic carbocycles. The first-order chi connectivity index (χ1) is 5.73. The van der Waals surface area contributed by atoms with Crippen molar-refractivity contribution in [1.29, 1.82) is 0 Å². The van der Waals surface area contributed by atoms with Gasteiger partial charge in [-0.2, -0.15) is 0 Å². The molecule has 2 aliphatic carbocycles. The van der Waals surface area contributed by atoms with E-state index >= 15 is 0 Å². The van der Waals surface area contributed by atoms with E-state index in [9.17, 15) is 5.11 Å². The molecule has 0 amide bonds. The van der Waals surface area contributed by atoms with Crippen molar-refractivity contribution in [3.8, 4) is 0 Å². The van der Waals surface area contributed by atoms with E-state index in [0.717, 1.165) is 25.2 Å². The van der Waals surface area contributed by atoms with Gasteiger partial charge in [0.2, 0.25) is 0 Å². The average molecular weight is 170 g/mol. The largest absolute Gasteiger partial charge is 0.393 e. The summed E-state index contributed by atoms with van der Waals surface area (Å²) in [4.78, 5) is 0. The van der Waals surface area contributed by atoms with Crippen molar-refractivity contribution >= 4 is 0 Å². The predicted molar refractivity (Wildman–Crippen MR) is 46.7 cm³/mol. The number of aliphatic hydroxyl groups is 2. The minimum Gasteiger partial charge on any atom is -0.393 e. The van der Waals surface area contributed by atoms with Crippen LogP contribution in [0.5, 0.6) is 0 Å². The minimum absolute atomic E-state index is 0.0454. The zero-order valence-corrected chi connectivity index (χ0v) is 7.50. The Hall–Kier alpha value is -0.0800. The van der Waals surface area contributed by atoms with Gasteiger partial charge in [-0.15, -0.1) is 0 Å². The topological polar surface area (TPSA) is 40.5 Å². The zero-order valence-electron chi connectivity index (χ0n) is 7.50. The molecule has 0 heterocycles. The highest BCUT2D eigenvalue weighted by Gasteiger charge is 2.40. The van der Waals surface area contributed by atoms with Crippen molar-refractivity contribution in [2.24, 2.45) is 11.8 Å². The van der Waals surface area contributed by atoms with Crippen molar-refractivity contribution in [2.45, 2.75) is 44.1 Å². The summed E-state index contributed by atoms with van der Waals surface area (Å²) in [6.07, 6.45) is 6.71. The van der Waals surface area contributed by atoms with E-state index in [-0.39, 0.29) is 6.61 Å². The Bertz CT molecular complexity index is 165. The van der Waals surface area contributed by atoms with Crippen LogP contribution in [-0.2, 0) is 0 Å². The summed E-state index contributed by atoms with van der Waals surface area (Å²) in [5, 5.41) is 18.9. The molecule has 0 radical (unpaired) electrons. The lowest BCUT2D eigenvalue weighted by molar-refractivity contribution is -0.0601. The monoisotopic (exact) mass is 170 g/mol. The summed E-state index contributed by atoms with van der Waals surface area (Å²) in [5.74, 6) is 1.58. The summed E-state index contributed by atoms with van der Waals surface area (Å²) in [5.41, 5.74) is -0.731. The maximum absolute atomic E-state index is 9.88. The van der Waals surface area contributed by atoms with E-state index in [2.05, 4.69) is 0 Å². The fourth-order valence-electron chi connectivity index (χ4n) is 2.50. The van der Waals surface area contributed by atoms with Gasteiger partial charge in [0.05, 0.1) is 12.2 Å². The van der Waals surface area contributed by atoms with Crippen molar-refractivity contribution in [3.63, 3.8) is 0 Å². The van der Waals surface area contributed by atoms with Crippen molar-refractivity contribution < 1.29 is 10.2 Å². The Labute approximate surface area is 73.6 Å². The SMILES string of the molecule is OCC1(O)CCCC(C2CC2)C1. The van der Waals surface area contributed by atoms with Gasteiger partial charge in [-0.25, -0.2) is 0 Å². The van der Waals surface area contributed by atoms with Crippen molar-refractivity contribution in [1.82, 2.24) is 0 Å². The fraction of sp³-hybridized carbons (Fsp3) is 1.00. The molecule has 2 unspecified atom stereocenters. The molecule has 0 aromatic heterocycles. The third-order valence-electron chi connectivity index (χ3n) is 3.44. The van der Waals surface area contributed by atoms with Crippen LogP contribution in [0.2, 0.25) is 0 Å². The third kappa shape index (κ3) is 1.64. The molecule has 2 heteroatoms. The summed E-state index contributed by atoms with van der Waals surface area (Å²) in [7, 11) is 0. The van der Waals surface area contributed by atoms with Gasteiger partial charge in [0.25, 0.3) is 0 Å². The quantitative estimate of drug-likeness (QED) is 0.656. The van der Waals surface area contributed by atoms with E-state index in [4.69, 9.17) is 5.11 Å². The number of rotatable bonds is 2. The van der Waals surface area contributed by atoms with Gasteiger partial charge in [-0.05, 0) is 43.9 Å². The highest BCUT2D eigenvalue weighted by molar-refractivity contribution is 4.92. The molecule has 2 aliphatic rings. The summed E-state index contributed by atoms with van der Waals surface area (Å²) in [6, 6.07) is 0. The molecule has 2 fully saturated rings. The normalized spacial score (nSPS) is 43.0. The standard InChI is InChI=1S/C10H18O2/c11-7-10(12)5-1-2-9(6-10)8-3-4-8/h8-9,11-12H,1-7H2. The van der Waals surface area contributed by atoms with E-state index in [1.54, 1.807) is 0 Å². The number of hydrogen-bond acceptors (Lipinski definition) is 2. The van der Waals surface area contributed by atoms with Crippen LogP contribution in [0.4, 0.5) is 0 Å². The summed E-state index contributed by atoms with van der Waals surface area (Å²) >= 11 is 0. The molecule has 2 rings (SSSR count). The second kappa shape index (κ2) is 3.00. The van der Waals surface area contributed by atoms with Crippen LogP contribution < -0.4 is 0 Å². The van der Waals surface area contributed by atoms with E-state index in [1.807, 2.05) is 0 Å². The lowest BCUT2D eigenvalue weighted by Gasteiger charge is -2.35. The summed E-state index contributed by atoms with van der Waals surface area (Å²) in [6.45, 7) is -0.0454. The van der Waals surface area contributed by atoms with E-state index in [1.165, 1.54) is 19.3 Å². The molecule has 70 valence electrons. The van der Waals surface area contributed by atoms with E-state index < -0.39 is 5.60 Å². The number of hydrogen-bond donors (Lipinski definition) is 2. The number of aliphatic hydroxyl groups excluding tert-OH is 1. The zero-order chi connectivity index (χ0) is 8.60.